The minimum absolute atomic E-state index is 0.334. The van der Waals surface area contributed by atoms with Crippen LogP contribution in [0.25, 0.3) is 22.0 Å². The summed E-state index contributed by atoms with van der Waals surface area (Å²) >= 11 is 0. The summed E-state index contributed by atoms with van der Waals surface area (Å²) in [6, 6.07) is 8.68. The number of aromatic hydroxyl groups is 1. The second kappa shape index (κ2) is 7.91. The van der Waals surface area contributed by atoms with Crippen molar-refractivity contribution in [3.8, 4) is 16.9 Å². The van der Waals surface area contributed by atoms with Gasteiger partial charge in [0.15, 0.2) is 17.4 Å². The summed E-state index contributed by atoms with van der Waals surface area (Å²) < 4.78 is 27.2. The monoisotopic (exact) mass is 398 g/mol. The van der Waals surface area contributed by atoms with Crippen molar-refractivity contribution in [2.75, 3.05) is 19.4 Å². The Kier molecular flexibility index (Phi) is 5.32. The maximum atomic E-state index is 13.7. The molecule has 0 aliphatic heterocycles. The van der Waals surface area contributed by atoms with E-state index in [-0.39, 0.29) is 0 Å². The van der Waals surface area contributed by atoms with Crippen molar-refractivity contribution in [3.63, 3.8) is 0 Å². The molecule has 0 unspecified atom stereocenters. The second-order valence-electron chi connectivity index (χ2n) is 7.86. The Morgan fingerprint density at radius 1 is 1.00 bits per heavy atom. The Hall–Kier alpha value is -2.80. The van der Waals surface area contributed by atoms with Crippen molar-refractivity contribution in [1.82, 2.24) is 14.9 Å². The fourth-order valence-corrected chi connectivity index (χ4v) is 4.02. The predicted octanol–water partition coefficient (Wildman–Crippen LogP) is 4.57. The van der Waals surface area contributed by atoms with Crippen molar-refractivity contribution in [2.45, 2.75) is 37.8 Å². The third kappa shape index (κ3) is 4.00. The van der Waals surface area contributed by atoms with E-state index >= 15 is 0 Å². The number of anilines is 1. The highest BCUT2D eigenvalue weighted by atomic mass is 19.2. The van der Waals surface area contributed by atoms with Gasteiger partial charge in [0.25, 0.3) is 0 Å². The van der Waals surface area contributed by atoms with Crippen LogP contribution in [0.4, 0.5) is 14.6 Å². The van der Waals surface area contributed by atoms with Crippen LogP contribution in [-0.4, -0.2) is 46.2 Å². The smallest absolute Gasteiger partial charge is 0.200 e. The van der Waals surface area contributed by atoms with E-state index in [0.29, 0.717) is 23.2 Å². The van der Waals surface area contributed by atoms with Gasteiger partial charge in [0.2, 0.25) is 0 Å². The third-order valence-corrected chi connectivity index (χ3v) is 5.75. The van der Waals surface area contributed by atoms with Gasteiger partial charge in [-0.2, -0.15) is 4.39 Å². The molecule has 7 heteroatoms. The van der Waals surface area contributed by atoms with E-state index in [2.05, 4.69) is 34.3 Å². The molecule has 0 radical (unpaired) electrons. The molecule has 0 amide bonds. The number of rotatable bonds is 4. The van der Waals surface area contributed by atoms with Gasteiger partial charge in [0.05, 0.1) is 5.52 Å². The van der Waals surface area contributed by atoms with Gasteiger partial charge in [0, 0.05) is 17.5 Å². The zero-order valence-corrected chi connectivity index (χ0v) is 16.5. The van der Waals surface area contributed by atoms with Crippen molar-refractivity contribution >= 4 is 16.7 Å². The van der Waals surface area contributed by atoms with Gasteiger partial charge >= 0.3 is 0 Å². The molecule has 29 heavy (non-hydrogen) atoms. The van der Waals surface area contributed by atoms with Gasteiger partial charge < -0.3 is 15.3 Å². The normalized spacial score (nSPS) is 19.6. The van der Waals surface area contributed by atoms with Crippen molar-refractivity contribution in [2.24, 2.45) is 0 Å². The Morgan fingerprint density at radius 2 is 1.76 bits per heavy atom. The van der Waals surface area contributed by atoms with Gasteiger partial charge in [-0.15, -0.1) is 0 Å². The van der Waals surface area contributed by atoms with Crippen LogP contribution < -0.4 is 5.32 Å². The fourth-order valence-electron chi connectivity index (χ4n) is 4.02. The molecule has 1 aromatic heterocycles. The van der Waals surface area contributed by atoms with Crippen LogP contribution >= 0.6 is 0 Å². The zero-order chi connectivity index (χ0) is 20.5. The van der Waals surface area contributed by atoms with Crippen LogP contribution in [0.2, 0.25) is 0 Å². The molecule has 0 spiro atoms. The van der Waals surface area contributed by atoms with Crippen LogP contribution in [0.15, 0.2) is 36.7 Å². The predicted molar refractivity (Wildman–Crippen MR) is 110 cm³/mol. The van der Waals surface area contributed by atoms with E-state index < -0.39 is 17.4 Å². The molecule has 0 saturated heterocycles. The van der Waals surface area contributed by atoms with Crippen LogP contribution in [0, 0.1) is 11.6 Å². The number of benzene rings is 2. The zero-order valence-electron chi connectivity index (χ0n) is 16.5. The van der Waals surface area contributed by atoms with Crippen molar-refractivity contribution < 1.29 is 13.9 Å². The number of hydrogen-bond acceptors (Lipinski definition) is 5. The van der Waals surface area contributed by atoms with Gasteiger partial charge in [-0.05, 0) is 75.2 Å². The molecule has 0 bridgehead atoms. The first-order chi connectivity index (χ1) is 13.9. The summed E-state index contributed by atoms with van der Waals surface area (Å²) in [4.78, 5) is 11.0. The molecule has 2 aromatic carbocycles. The number of aromatic nitrogens is 2. The summed E-state index contributed by atoms with van der Waals surface area (Å²) in [5, 5.41) is 14.0. The highest BCUT2D eigenvalue weighted by molar-refractivity contribution is 5.92. The number of nitrogens with one attached hydrogen (secondary N) is 1. The van der Waals surface area contributed by atoms with E-state index in [9.17, 15) is 13.9 Å². The third-order valence-electron chi connectivity index (χ3n) is 5.75. The van der Waals surface area contributed by atoms with Crippen molar-refractivity contribution in [3.05, 3.63) is 48.3 Å². The van der Waals surface area contributed by atoms with E-state index in [1.807, 2.05) is 12.1 Å². The lowest BCUT2D eigenvalue weighted by Crippen LogP contribution is -2.36. The number of fused-ring (bicyclic) bond motifs is 1. The highest BCUT2D eigenvalue weighted by Gasteiger charge is 2.23. The van der Waals surface area contributed by atoms with Gasteiger partial charge in [-0.25, -0.2) is 14.4 Å². The lowest BCUT2D eigenvalue weighted by atomic mass is 9.90. The van der Waals surface area contributed by atoms with E-state index in [0.717, 1.165) is 48.5 Å². The summed E-state index contributed by atoms with van der Waals surface area (Å²) in [5.41, 5.74) is 1.81. The van der Waals surface area contributed by atoms with Gasteiger partial charge in [0.1, 0.15) is 12.1 Å². The minimum atomic E-state index is -1.24. The summed E-state index contributed by atoms with van der Waals surface area (Å²) in [7, 11) is 4.24. The lowest BCUT2D eigenvalue weighted by Gasteiger charge is -2.33. The average Bonchev–Trinajstić information content (AvgIpc) is 2.72. The molecule has 152 valence electrons. The first kappa shape index (κ1) is 19.5. The SMILES string of the molecule is CN(C)C1CCC(Nc2ncnc3ccc(-c4cc(O)c(F)c(F)c4)cc23)CC1. The molecule has 1 saturated carbocycles. The average molecular weight is 398 g/mol. The molecule has 1 aliphatic carbocycles. The number of phenols is 1. The molecular formula is C22H24F2N4O. The maximum absolute atomic E-state index is 13.7. The van der Waals surface area contributed by atoms with E-state index in [1.165, 1.54) is 12.4 Å². The highest BCUT2D eigenvalue weighted by Crippen LogP contribution is 2.32. The molecular weight excluding hydrogens is 374 g/mol. The fraction of sp³-hybridized carbons (Fsp3) is 0.364. The molecule has 1 fully saturated rings. The van der Waals surface area contributed by atoms with Crippen LogP contribution in [0.5, 0.6) is 5.75 Å². The number of hydrogen-bond donors (Lipinski definition) is 2. The largest absolute Gasteiger partial charge is 0.505 e. The van der Waals surface area contributed by atoms with E-state index in [1.54, 1.807) is 6.07 Å². The standard InChI is InChI=1S/C22H24F2N4O/c1-28(2)16-6-4-15(5-7-16)27-22-17-9-13(3-8-19(17)25-12-26-22)14-10-18(23)21(24)20(29)11-14/h3,8-12,15-16,29H,4-7H2,1-2H3,(H,25,26,27). The number of halogens is 2. The van der Waals surface area contributed by atoms with Gasteiger partial charge in [-0.1, -0.05) is 6.07 Å². The molecule has 1 heterocycles. The molecule has 2 N–H and O–H groups in total. The lowest BCUT2D eigenvalue weighted by molar-refractivity contribution is 0.221. The Bertz CT molecular complexity index is 1010. The quantitative estimate of drug-likeness (QED) is 0.674. The second-order valence-corrected chi connectivity index (χ2v) is 7.86. The minimum Gasteiger partial charge on any atom is -0.505 e. The summed E-state index contributed by atoms with van der Waals surface area (Å²) in [6.07, 6.45) is 5.91. The van der Waals surface area contributed by atoms with Crippen LogP contribution in [-0.2, 0) is 0 Å². The first-order valence-electron chi connectivity index (χ1n) is 9.78. The van der Waals surface area contributed by atoms with Crippen molar-refractivity contribution in [1.29, 1.82) is 0 Å². The number of phenolic OH excluding ortho intramolecular Hbond substituents is 1. The van der Waals surface area contributed by atoms with E-state index in [4.69, 9.17) is 0 Å². The topological polar surface area (TPSA) is 61.3 Å². The van der Waals surface area contributed by atoms with Gasteiger partial charge in [-0.3, -0.25) is 0 Å². The first-order valence-corrected chi connectivity index (χ1v) is 9.78. The molecule has 3 aromatic rings. The molecule has 4 rings (SSSR count). The Morgan fingerprint density at radius 3 is 2.45 bits per heavy atom. The van der Waals surface area contributed by atoms with Crippen LogP contribution in [0.1, 0.15) is 25.7 Å². The number of nitrogens with zero attached hydrogens (tertiary/aromatic N) is 3. The Balaban J connectivity index is 1.63. The molecule has 0 atom stereocenters. The summed E-state index contributed by atoms with van der Waals surface area (Å²) in [6.45, 7) is 0. The summed E-state index contributed by atoms with van der Waals surface area (Å²) in [5.74, 6) is -2.30. The van der Waals surface area contributed by atoms with Crippen LogP contribution in [0.3, 0.4) is 0 Å². The maximum Gasteiger partial charge on any atom is 0.200 e. The Labute approximate surface area is 168 Å². The molecule has 1 aliphatic rings. The molecule has 5 nitrogen and oxygen atoms in total.